The van der Waals surface area contributed by atoms with Gasteiger partial charge in [-0.05, 0) is 74.4 Å². The summed E-state index contributed by atoms with van der Waals surface area (Å²) in [6.45, 7) is 4.10. The number of allylic oxidation sites excluding steroid dienone is 1. The van der Waals surface area contributed by atoms with E-state index in [2.05, 4.69) is 24.5 Å². The van der Waals surface area contributed by atoms with Crippen molar-refractivity contribution in [3.63, 3.8) is 0 Å². The summed E-state index contributed by atoms with van der Waals surface area (Å²) in [5.74, 6) is -0.167. The summed E-state index contributed by atoms with van der Waals surface area (Å²) in [5, 5.41) is 6.05. The van der Waals surface area contributed by atoms with Crippen molar-refractivity contribution < 1.29 is 27.5 Å². The zero-order valence-electron chi connectivity index (χ0n) is 20.0. The molecule has 1 aliphatic heterocycles. The molecule has 0 radical (unpaired) electrons. The van der Waals surface area contributed by atoms with E-state index >= 15 is 0 Å². The van der Waals surface area contributed by atoms with Crippen LogP contribution < -0.4 is 15.4 Å². The van der Waals surface area contributed by atoms with E-state index in [0.29, 0.717) is 22.7 Å². The molecule has 0 aliphatic carbocycles. The number of hydrogen-bond acceptors (Lipinski definition) is 4. The van der Waals surface area contributed by atoms with Crippen molar-refractivity contribution in [1.82, 2.24) is 5.32 Å². The number of carbonyl (C=O) groups excluding carboxylic acids is 2. The Morgan fingerprint density at radius 1 is 1.00 bits per heavy atom. The Hall–Kier alpha value is -4.07. The fourth-order valence-corrected chi connectivity index (χ4v) is 4.13. The quantitative estimate of drug-likeness (QED) is 0.332. The van der Waals surface area contributed by atoms with Crippen LogP contribution in [0.1, 0.15) is 51.3 Å². The lowest BCUT2D eigenvalue weighted by molar-refractivity contribution is -0.137. The van der Waals surface area contributed by atoms with Gasteiger partial charge >= 0.3 is 6.18 Å². The molecule has 4 rings (SSSR count). The molecule has 0 saturated carbocycles. The molecule has 1 amide bonds. The van der Waals surface area contributed by atoms with E-state index in [9.17, 15) is 22.8 Å². The Labute approximate surface area is 207 Å². The van der Waals surface area contributed by atoms with Gasteiger partial charge in [-0.2, -0.15) is 13.2 Å². The van der Waals surface area contributed by atoms with Crippen LogP contribution in [0.2, 0.25) is 0 Å². The van der Waals surface area contributed by atoms with Gasteiger partial charge in [-0.3, -0.25) is 9.59 Å². The minimum Gasteiger partial charge on any atom is -0.497 e. The predicted molar refractivity (Wildman–Crippen MR) is 132 cm³/mol. The lowest BCUT2D eigenvalue weighted by Gasteiger charge is -2.35. The number of amides is 1. The van der Waals surface area contributed by atoms with Crippen LogP contribution in [0.5, 0.6) is 5.75 Å². The smallest absolute Gasteiger partial charge is 0.416 e. The molecular formula is C28H25F3N2O3. The van der Waals surface area contributed by atoms with Gasteiger partial charge < -0.3 is 15.4 Å². The van der Waals surface area contributed by atoms with E-state index in [-0.39, 0.29) is 16.9 Å². The number of anilines is 1. The summed E-state index contributed by atoms with van der Waals surface area (Å²) in [6, 6.07) is 16.1. The summed E-state index contributed by atoms with van der Waals surface area (Å²) in [7, 11) is 1.58. The maximum atomic E-state index is 13.2. The summed E-state index contributed by atoms with van der Waals surface area (Å²) in [6.07, 6.45) is -2.18. The first-order valence-corrected chi connectivity index (χ1v) is 11.3. The van der Waals surface area contributed by atoms with Gasteiger partial charge in [-0.15, -0.1) is 0 Å². The van der Waals surface area contributed by atoms with Gasteiger partial charge in [-0.1, -0.05) is 18.2 Å². The fourth-order valence-electron chi connectivity index (χ4n) is 4.13. The molecule has 36 heavy (non-hydrogen) atoms. The number of hydrogen-bond donors (Lipinski definition) is 2. The number of methoxy groups -OCH3 is 1. The van der Waals surface area contributed by atoms with Crippen LogP contribution in [0.15, 0.2) is 72.8 Å². The lowest BCUT2D eigenvalue weighted by atomic mass is 9.85. The van der Waals surface area contributed by atoms with Gasteiger partial charge in [0.1, 0.15) is 5.75 Å². The summed E-state index contributed by atoms with van der Waals surface area (Å²) < 4.78 is 43.7. The number of alkyl halides is 3. The van der Waals surface area contributed by atoms with E-state index in [4.69, 9.17) is 4.74 Å². The molecule has 0 unspecified atom stereocenters. The molecule has 0 saturated heterocycles. The van der Waals surface area contributed by atoms with Gasteiger partial charge in [0.2, 0.25) is 0 Å². The Bertz CT molecular complexity index is 1340. The molecule has 0 aromatic heterocycles. The van der Waals surface area contributed by atoms with Crippen molar-refractivity contribution in [2.45, 2.75) is 32.0 Å². The average molecular weight is 495 g/mol. The van der Waals surface area contributed by atoms with Gasteiger partial charge in [-0.25, -0.2) is 0 Å². The van der Waals surface area contributed by atoms with Crippen LogP contribution in [-0.4, -0.2) is 24.3 Å². The highest BCUT2D eigenvalue weighted by atomic mass is 19.4. The third kappa shape index (κ3) is 5.59. The molecule has 0 atom stereocenters. The largest absolute Gasteiger partial charge is 0.497 e. The Kier molecular flexibility index (Phi) is 6.63. The second-order valence-electron chi connectivity index (χ2n) is 9.24. The monoisotopic (exact) mass is 494 g/mol. The number of ketones is 1. The maximum absolute atomic E-state index is 13.2. The average Bonchev–Trinajstić information content (AvgIpc) is 2.83. The van der Waals surface area contributed by atoms with E-state index in [1.807, 2.05) is 18.2 Å². The predicted octanol–water partition coefficient (Wildman–Crippen LogP) is 6.11. The molecule has 0 bridgehead atoms. The van der Waals surface area contributed by atoms with Crippen LogP contribution in [0.25, 0.3) is 5.70 Å². The van der Waals surface area contributed by atoms with E-state index < -0.39 is 17.6 Å². The molecule has 0 fully saturated rings. The number of benzene rings is 3. The highest BCUT2D eigenvalue weighted by molar-refractivity contribution is 6.10. The molecule has 1 heterocycles. The van der Waals surface area contributed by atoms with E-state index in [0.717, 1.165) is 41.8 Å². The van der Waals surface area contributed by atoms with E-state index in [1.54, 1.807) is 25.3 Å². The zero-order chi connectivity index (χ0) is 26.1. The van der Waals surface area contributed by atoms with Crippen LogP contribution >= 0.6 is 0 Å². The van der Waals surface area contributed by atoms with Crippen LogP contribution in [0.3, 0.4) is 0 Å². The van der Waals surface area contributed by atoms with Crippen LogP contribution in [-0.2, 0) is 12.6 Å². The van der Waals surface area contributed by atoms with Gasteiger partial charge in [0.15, 0.2) is 5.78 Å². The van der Waals surface area contributed by atoms with Crippen molar-refractivity contribution >= 4 is 23.1 Å². The second-order valence-corrected chi connectivity index (χ2v) is 9.24. The van der Waals surface area contributed by atoms with Crippen LogP contribution in [0, 0.1) is 0 Å². The third-order valence-corrected chi connectivity index (χ3v) is 5.87. The second kappa shape index (κ2) is 9.53. The first-order valence-electron chi connectivity index (χ1n) is 11.3. The molecule has 3 aromatic carbocycles. The SMILES string of the molecule is COc1ccc2c(c1)C(=CC(=O)c1cccc(NC(=O)c3ccc(C(F)(F)F)cc3)c1)NC(C)(C)C2. The van der Waals surface area contributed by atoms with Crippen molar-refractivity contribution in [2.24, 2.45) is 0 Å². The standard InChI is InChI=1S/C28H25F3N2O3/c1-27(2)16-19-9-12-22(36-3)14-23(19)24(33-27)15-25(34)18-5-4-6-21(13-18)32-26(35)17-7-10-20(11-8-17)28(29,30)31/h4-15,33H,16H2,1-3H3,(H,32,35). The highest BCUT2D eigenvalue weighted by Gasteiger charge is 2.30. The summed E-state index contributed by atoms with van der Waals surface area (Å²) >= 11 is 0. The van der Waals surface area contributed by atoms with Gasteiger partial charge in [0, 0.05) is 39.7 Å². The number of fused-ring (bicyclic) bond motifs is 1. The van der Waals surface area contributed by atoms with Crippen molar-refractivity contribution in [3.05, 3.63) is 101 Å². The van der Waals surface area contributed by atoms with Crippen molar-refractivity contribution in [3.8, 4) is 5.75 Å². The maximum Gasteiger partial charge on any atom is 0.416 e. The number of ether oxygens (including phenoxy) is 1. The first kappa shape index (κ1) is 25.0. The van der Waals surface area contributed by atoms with Crippen molar-refractivity contribution in [2.75, 3.05) is 12.4 Å². The topological polar surface area (TPSA) is 67.4 Å². The number of nitrogens with one attached hydrogen (secondary N) is 2. The third-order valence-electron chi connectivity index (χ3n) is 5.87. The molecule has 186 valence electrons. The number of halogens is 3. The zero-order valence-corrected chi connectivity index (χ0v) is 20.0. The highest BCUT2D eigenvalue weighted by Crippen LogP contribution is 2.33. The van der Waals surface area contributed by atoms with Crippen molar-refractivity contribution in [1.29, 1.82) is 0 Å². The summed E-state index contributed by atoms with van der Waals surface area (Å²) in [4.78, 5) is 25.7. The summed E-state index contributed by atoms with van der Waals surface area (Å²) in [5.41, 5.74) is 2.32. The molecule has 1 aliphatic rings. The Morgan fingerprint density at radius 3 is 2.39 bits per heavy atom. The molecular weight excluding hydrogens is 469 g/mol. The van der Waals surface area contributed by atoms with Gasteiger partial charge in [0.05, 0.1) is 12.7 Å². The molecule has 3 aromatic rings. The lowest BCUT2D eigenvalue weighted by Crippen LogP contribution is -2.43. The molecule has 8 heteroatoms. The Balaban J connectivity index is 1.56. The van der Waals surface area contributed by atoms with Crippen LogP contribution in [0.4, 0.5) is 18.9 Å². The molecule has 5 nitrogen and oxygen atoms in total. The fraction of sp³-hybridized carbons (Fsp3) is 0.214. The normalized spacial score (nSPS) is 15.6. The minimum absolute atomic E-state index is 0.0704. The number of rotatable bonds is 5. The molecule has 0 spiro atoms. The Morgan fingerprint density at radius 2 is 1.72 bits per heavy atom. The van der Waals surface area contributed by atoms with Gasteiger partial charge in [0.25, 0.3) is 5.91 Å². The first-order chi connectivity index (χ1) is 16.9. The minimum atomic E-state index is -4.48. The molecule has 2 N–H and O–H groups in total. The van der Waals surface area contributed by atoms with E-state index in [1.165, 1.54) is 12.1 Å². The number of carbonyl (C=O) groups is 2.